The number of aromatic nitrogens is 2. The summed E-state index contributed by atoms with van der Waals surface area (Å²) in [6.45, 7) is 1.82. The molecule has 0 saturated carbocycles. The standard InChI is InChI=1S/C19H14ClN3O2S2/c1-13-10-16(20)3-5-18(13)23(19-22-8-9-26-19)27(24,25)17-4-2-15-12-21-7-6-14(15)11-17/h2-12H,1H3. The van der Waals surface area contributed by atoms with Gasteiger partial charge in [0, 0.05) is 34.4 Å². The van der Waals surface area contributed by atoms with Gasteiger partial charge in [0.25, 0.3) is 10.0 Å². The molecule has 0 fully saturated rings. The molecule has 0 radical (unpaired) electrons. The van der Waals surface area contributed by atoms with Gasteiger partial charge in [-0.25, -0.2) is 17.7 Å². The number of nitrogens with zero attached hydrogens (tertiary/aromatic N) is 3. The van der Waals surface area contributed by atoms with Gasteiger partial charge in [-0.05, 0) is 54.3 Å². The highest BCUT2D eigenvalue weighted by atomic mass is 35.5. The molecule has 4 aromatic rings. The lowest BCUT2D eigenvalue weighted by molar-refractivity contribution is 0.596. The van der Waals surface area contributed by atoms with Gasteiger partial charge >= 0.3 is 0 Å². The molecule has 0 amide bonds. The van der Waals surface area contributed by atoms with E-state index < -0.39 is 10.0 Å². The zero-order valence-corrected chi connectivity index (χ0v) is 16.6. The van der Waals surface area contributed by atoms with Crippen LogP contribution in [0.25, 0.3) is 10.8 Å². The van der Waals surface area contributed by atoms with Gasteiger partial charge < -0.3 is 0 Å². The van der Waals surface area contributed by atoms with E-state index in [1.54, 1.807) is 66.4 Å². The average Bonchev–Trinajstić information content (AvgIpc) is 3.17. The van der Waals surface area contributed by atoms with E-state index >= 15 is 0 Å². The van der Waals surface area contributed by atoms with Crippen molar-refractivity contribution in [2.24, 2.45) is 0 Å². The molecule has 0 aliphatic heterocycles. The Morgan fingerprint density at radius 3 is 2.63 bits per heavy atom. The number of pyridine rings is 1. The third-order valence-electron chi connectivity index (χ3n) is 4.12. The van der Waals surface area contributed by atoms with Gasteiger partial charge in [-0.3, -0.25) is 4.98 Å². The molecular weight excluding hydrogens is 402 g/mol. The Bertz CT molecular complexity index is 1220. The molecule has 0 bridgehead atoms. The zero-order valence-electron chi connectivity index (χ0n) is 14.2. The molecule has 0 unspecified atom stereocenters. The van der Waals surface area contributed by atoms with Crippen molar-refractivity contribution in [3.8, 4) is 0 Å². The third-order valence-corrected chi connectivity index (χ3v) is 6.93. The molecule has 4 rings (SSSR count). The Labute approximate surface area is 165 Å². The summed E-state index contributed by atoms with van der Waals surface area (Å²) in [7, 11) is -3.89. The first-order valence-corrected chi connectivity index (χ1v) is 10.7. The van der Waals surface area contributed by atoms with Crippen LogP contribution in [0.1, 0.15) is 5.56 Å². The van der Waals surface area contributed by atoms with E-state index in [-0.39, 0.29) is 4.90 Å². The van der Waals surface area contributed by atoms with Gasteiger partial charge in [0.15, 0.2) is 0 Å². The van der Waals surface area contributed by atoms with Gasteiger partial charge in [-0.1, -0.05) is 17.7 Å². The van der Waals surface area contributed by atoms with Crippen LogP contribution in [0.15, 0.2) is 71.3 Å². The number of anilines is 2. The molecule has 2 aromatic heterocycles. The van der Waals surface area contributed by atoms with Crippen molar-refractivity contribution in [3.63, 3.8) is 0 Å². The second-order valence-electron chi connectivity index (χ2n) is 5.90. The van der Waals surface area contributed by atoms with E-state index in [0.717, 1.165) is 16.3 Å². The number of thiazole rings is 1. The monoisotopic (exact) mass is 415 g/mol. The van der Waals surface area contributed by atoms with Crippen LogP contribution in [-0.2, 0) is 10.0 Å². The molecule has 0 aliphatic rings. The summed E-state index contributed by atoms with van der Waals surface area (Å²) in [5.41, 5.74) is 1.26. The second-order valence-corrected chi connectivity index (χ2v) is 9.00. The number of sulfonamides is 1. The normalized spacial score (nSPS) is 11.6. The first-order chi connectivity index (χ1) is 13.0. The van der Waals surface area contributed by atoms with Crippen molar-refractivity contribution >= 4 is 54.6 Å². The molecule has 8 heteroatoms. The van der Waals surface area contributed by atoms with E-state index in [0.29, 0.717) is 15.8 Å². The molecule has 2 aromatic carbocycles. The summed E-state index contributed by atoms with van der Waals surface area (Å²) in [4.78, 5) is 8.49. The lowest BCUT2D eigenvalue weighted by Crippen LogP contribution is -2.26. The van der Waals surface area contributed by atoms with Crippen LogP contribution >= 0.6 is 22.9 Å². The molecular formula is C19H14ClN3O2S2. The number of rotatable bonds is 4. The minimum atomic E-state index is -3.89. The van der Waals surface area contributed by atoms with Crippen LogP contribution in [0.5, 0.6) is 0 Å². The summed E-state index contributed by atoms with van der Waals surface area (Å²) in [6.07, 6.45) is 4.92. The maximum atomic E-state index is 13.6. The minimum Gasteiger partial charge on any atom is -0.264 e. The topological polar surface area (TPSA) is 63.2 Å². The maximum absolute atomic E-state index is 13.6. The number of halogens is 1. The van der Waals surface area contributed by atoms with Gasteiger partial charge in [0.2, 0.25) is 5.13 Å². The summed E-state index contributed by atoms with van der Waals surface area (Å²) >= 11 is 7.31. The highest BCUT2D eigenvalue weighted by Crippen LogP contribution is 2.37. The van der Waals surface area contributed by atoms with Crippen LogP contribution in [0, 0.1) is 6.92 Å². The summed E-state index contributed by atoms with van der Waals surface area (Å²) in [5, 5.41) is 4.34. The molecule has 0 spiro atoms. The Morgan fingerprint density at radius 1 is 1.04 bits per heavy atom. The largest absolute Gasteiger partial charge is 0.270 e. The average molecular weight is 416 g/mol. The van der Waals surface area contributed by atoms with Crippen molar-refractivity contribution in [2.45, 2.75) is 11.8 Å². The van der Waals surface area contributed by atoms with Crippen molar-refractivity contribution in [1.82, 2.24) is 9.97 Å². The van der Waals surface area contributed by atoms with E-state index in [2.05, 4.69) is 9.97 Å². The number of hydrogen-bond donors (Lipinski definition) is 0. The Morgan fingerprint density at radius 2 is 1.89 bits per heavy atom. The van der Waals surface area contributed by atoms with Gasteiger partial charge in [0.05, 0.1) is 10.6 Å². The van der Waals surface area contributed by atoms with Crippen LogP contribution in [0.4, 0.5) is 10.8 Å². The Balaban J connectivity index is 1.92. The number of hydrogen-bond acceptors (Lipinski definition) is 5. The Kier molecular flexibility index (Phi) is 4.59. The summed E-state index contributed by atoms with van der Waals surface area (Å²) in [6, 6.07) is 11.9. The Hall–Kier alpha value is -2.48. The van der Waals surface area contributed by atoms with Gasteiger partial charge in [-0.2, -0.15) is 0 Å². The highest BCUT2D eigenvalue weighted by molar-refractivity contribution is 7.93. The number of fused-ring (bicyclic) bond motifs is 1. The molecule has 136 valence electrons. The van der Waals surface area contributed by atoms with Crippen molar-refractivity contribution in [2.75, 3.05) is 4.31 Å². The second kappa shape index (κ2) is 6.92. The third kappa shape index (κ3) is 3.29. The number of aryl methyl sites for hydroxylation is 1. The van der Waals surface area contributed by atoms with Crippen molar-refractivity contribution in [3.05, 3.63) is 77.0 Å². The predicted molar refractivity (Wildman–Crippen MR) is 109 cm³/mol. The van der Waals surface area contributed by atoms with E-state index in [4.69, 9.17) is 11.6 Å². The van der Waals surface area contributed by atoms with E-state index in [1.165, 1.54) is 15.6 Å². The van der Waals surface area contributed by atoms with Crippen molar-refractivity contribution in [1.29, 1.82) is 0 Å². The lowest BCUT2D eigenvalue weighted by Gasteiger charge is -2.23. The molecule has 27 heavy (non-hydrogen) atoms. The SMILES string of the molecule is Cc1cc(Cl)ccc1N(c1nccs1)S(=O)(=O)c1ccc2cnccc2c1. The van der Waals surface area contributed by atoms with Gasteiger partial charge in [-0.15, -0.1) is 11.3 Å². The molecule has 0 saturated heterocycles. The molecule has 2 heterocycles. The van der Waals surface area contributed by atoms with Gasteiger partial charge in [0.1, 0.15) is 0 Å². The molecule has 0 N–H and O–H groups in total. The maximum Gasteiger partial charge on any atom is 0.270 e. The summed E-state index contributed by atoms with van der Waals surface area (Å²) < 4.78 is 28.4. The highest BCUT2D eigenvalue weighted by Gasteiger charge is 2.30. The first-order valence-electron chi connectivity index (χ1n) is 8.01. The van der Waals surface area contributed by atoms with Crippen LogP contribution in [0.3, 0.4) is 0 Å². The van der Waals surface area contributed by atoms with Crippen LogP contribution in [-0.4, -0.2) is 18.4 Å². The first kappa shape index (κ1) is 17.9. The zero-order chi connectivity index (χ0) is 19.0. The van der Waals surface area contributed by atoms with Crippen LogP contribution < -0.4 is 4.31 Å². The molecule has 5 nitrogen and oxygen atoms in total. The molecule has 0 aliphatic carbocycles. The predicted octanol–water partition coefficient (Wildman–Crippen LogP) is 5.18. The van der Waals surface area contributed by atoms with Crippen molar-refractivity contribution < 1.29 is 8.42 Å². The van der Waals surface area contributed by atoms with Crippen LogP contribution in [0.2, 0.25) is 5.02 Å². The summed E-state index contributed by atoms with van der Waals surface area (Å²) in [5.74, 6) is 0. The fraction of sp³-hybridized carbons (Fsp3) is 0.0526. The molecule has 0 atom stereocenters. The fourth-order valence-electron chi connectivity index (χ4n) is 2.83. The minimum absolute atomic E-state index is 0.186. The quantitative estimate of drug-likeness (QED) is 0.460. The van der Waals surface area contributed by atoms with E-state index in [1.807, 2.05) is 6.92 Å². The van der Waals surface area contributed by atoms with E-state index in [9.17, 15) is 8.42 Å². The number of benzene rings is 2. The lowest BCUT2D eigenvalue weighted by atomic mass is 10.2. The smallest absolute Gasteiger partial charge is 0.264 e. The fourth-order valence-corrected chi connectivity index (χ4v) is 5.48.